The van der Waals surface area contributed by atoms with Crippen molar-refractivity contribution in [3.05, 3.63) is 23.0 Å². The number of carbonyl (C=O) groups excluding carboxylic acids is 2. The smallest absolute Gasteiger partial charge is 0.346 e. The molecule has 1 aromatic rings. The van der Waals surface area contributed by atoms with E-state index in [1.54, 1.807) is 24.7 Å². The molecule has 2 aliphatic rings. The fraction of sp³-hybridized carbons (Fsp3) is 0.600. The maximum Gasteiger partial charge on any atom is 0.346 e. The van der Waals surface area contributed by atoms with E-state index in [4.69, 9.17) is 21.1 Å². The lowest BCUT2D eigenvalue weighted by atomic mass is 9.74. The second-order valence-corrected chi connectivity index (χ2v) is 6.55. The fourth-order valence-corrected chi connectivity index (χ4v) is 3.46. The van der Waals surface area contributed by atoms with E-state index in [0.29, 0.717) is 10.7 Å². The van der Waals surface area contributed by atoms with Crippen LogP contribution in [0.5, 0.6) is 0 Å². The lowest BCUT2D eigenvalue weighted by Gasteiger charge is -2.43. The van der Waals surface area contributed by atoms with E-state index in [1.165, 1.54) is 11.0 Å². The van der Waals surface area contributed by atoms with E-state index < -0.39 is 17.1 Å². The SMILES string of the molecule is CCOC(=O)C1(F)CN(C(=O)c2cc(Cl)cn2C)CC12COC2. The Balaban J connectivity index is 1.88. The van der Waals surface area contributed by atoms with Crippen LogP contribution in [0, 0.1) is 5.41 Å². The van der Waals surface area contributed by atoms with Gasteiger partial charge in [0.15, 0.2) is 0 Å². The van der Waals surface area contributed by atoms with Gasteiger partial charge < -0.3 is 18.9 Å². The number of aryl methyl sites for hydroxylation is 1. The van der Waals surface area contributed by atoms with E-state index in [9.17, 15) is 9.59 Å². The monoisotopic (exact) mass is 344 g/mol. The summed E-state index contributed by atoms with van der Waals surface area (Å²) in [5, 5.41) is 0.425. The zero-order valence-electron chi connectivity index (χ0n) is 13.0. The van der Waals surface area contributed by atoms with Gasteiger partial charge in [-0.2, -0.15) is 0 Å². The normalized spacial score (nSPS) is 25.5. The van der Waals surface area contributed by atoms with Crippen LogP contribution in [0.25, 0.3) is 0 Å². The summed E-state index contributed by atoms with van der Waals surface area (Å²) in [6.45, 7) is 1.68. The van der Waals surface area contributed by atoms with Crippen LogP contribution in [0.3, 0.4) is 0 Å². The molecule has 0 aliphatic carbocycles. The van der Waals surface area contributed by atoms with Crippen molar-refractivity contribution in [2.75, 3.05) is 32.9 Å². The van der Waals surface area contributed by atoms with Crippen molar-refractivity contribution in [2.45, 2.75) is 12.6 Å². The van der Waals surface area contributed by atoms with Crippen molar-refractivity contribution < 1.29 is 23.5 Å². The number of aromatic nitrogens is 1. The maximum absolute atomic E-state index is 15.4. The van der Waals surface area contributed by atoms with Crippen molar-refractivity contribution in [1.82, 2.24) is 9.47 Å². The van der Waals surface area contributed by atoms with Gasteiger partial charge in [0, 0.05) is 19.8 Å². The molecule has 1 aromatic heterocycles. The van der Waals surface area contributed by atoms with Crippen LogP contribution in [0.4, 0.5) is 4.39 Å². The Kier molecular flexibility index (Phi) is 3.88. The maximum atomic E-state index is 15.4. The largest absolute Gasteiger partial charge is 0.464 e. The van der Waals surface area contributed by atoms with Crippen LogP contribution < -0.4 is 0 Å². The standard InChI is InChI=1S/C15H18ClFN2O4/c1-3-23-13(21)15(17)7-19(6-14(15)8-22-9-14)12(20)11-4-10(16)5-18(11)2/h4-5H,3,6-9H2,1-2H3. The van der Waals surface area contributed by atoms with Gasteiger partial charge in [0.25, 0.3) is 5.91 Å². The van der Waals surface area contributed by atoms with Gasteiger partial charge >= 0.3 is 5.97 Å². The third kappa shape index (κ3) is 2.33. The first-order valence-electron chi connectivity index (χ1n) is 7.38. The summed E-state index contributed by atoms with van der Waals surface area (Å²) >= 11 is 5.90. The summed E-state index contributed by atoms with van der Waals surface area (Å²) in [6, 6.07) is 1.52. The zero-order chi connectivity index (χ0) is 16.8. The van der Waals surface area contributed by atoms with Crippen LogP contribution in [0.15, 0.2) is 12.3 Å². The number of halogens is 2. The van der Waals surface area contributed by atoms with Crippen LogP contribution in [0.1, 0.15) is 17.4 Å². The number of carbonyl (C=O) groups is 2. The summed E-state index contributed by atoms with van der Waals surface area (Å²) < 4.78 is 27.0. The Morgan fingerprint density at radius 3 is 2.61 bits per heavy atom. The minimum Gasteiger partial charge on any atom is -0.464 e. The molecule has 0 aromatic carbocycles. The van der Waals surface area contributed by atoms with Crippen LogP contribution in [0.2, 0.25) is 5.02 Å². The lowest BCUT2D eigenvalue weighted by molar-refractivity contribution is -0.196. The number of amides is 1. The molecule has 3 heterocycles. The minimum atomic E-state index is -2.24. The van der Waals surface area contributed by atoms with Crippen molar-refractivity contribution in [3.8, 4) is 0 Å². The Morgan fingerprint density at radius 1 is 1.43 bits per heavy atom. The van der Waals surface area contributed by atoms with Crippen molar-refractivity contribution in [2.24, 2.45) is 12.5 Å². The van der Waals surface area contributed by atoms with Gasteiger partial charge in [0.2, 0.25) is 5.67 Å². The second-order valence-electron chi connectivity index (χ2n) is 6.11. The van der Waals surface area contributed by atoms with E-state index in [0.717, 1.165) is 0 Å². The summed E-state index contributed by atoms with van der Waals surface area (Å²) in [6.07, 6.45) is 1.60. The topological polar surface area (TPSA) is 60.8 Å². The molecular weight excluding hydrogens is 327 g/mol. The summed E-state index contributed by atoms with van der Waals surface area (Å²) in [5.41, 5.74) is -2.92. The van der Waals surface area contributed by atoms with Gasteiger partial charge in [0.1, 0.15) is 5.69 Å². The lowest BCUT2D eigenvalue weighted by Crippen LogP contribution is -2.61. The van der Waals surface area contributed by atoms with E-state index in [-0.39, 0.29) is 38.8 Å². The molecule has 2 aliphatic heterocycles. The third-order valence-electron chi connectivity index (χ3n) is 4.58. The summed E-state index contributed by atoms with van der Waals surface area (Å²) in [5.74, 6) is -1.29. The molecule has 2 saturated heterocycles. The van der Waals surface area contributed by atoms with E-state index in [2.05, 4.69) is 0 Å². The highest BCUT2D eigenvalue weighted by Crippen LogP contribution is 2.48. The summed E-state index contributed by atoms with van der Waals surface area (Å²) in [7, 11) is 1.69. The molecule has 0 N–H and O–H groups in total. The molecule has 0 saturated carbocycles. The molecule has 0 bridgehead atoms. The molecule has 1 unspecified atom stereocenters. The Morgan fingerprint density at radius 2 is 2.13 bits per heavy atom. The average molecular weight is 345 g/mol. The quantitative estimate of drug-likeness (QED) is 0.778. The predicted molar refractivity (Wildman–Crippen MR) is 80.1 cm³/mol. The van der Waals surface area contributed by atoms with Gasteiger partial charge in [-0.25, -0.2) is 9.18 Å². The Hall–Kier alpha value is -1.60. The van der Waals surface area contributed by atoms with Crippen molar-refractivity contribution >= 4 is 23.5 Å². The molecule has 126 valence electrons. The fourth-order valence-electron chi connectivity index (χ4n) is 3.21. The zero-order valence-corrected chi connectivity index (χ0v) is 13.7. The number of alkyl halides is 1. The molecule has 3 rings (SSSR count). The first-order valence-corrected chi connectivity index (χ1v) is 7.76. The summed E-state index contributed by atoms with van der Waals surface area (Å²) in [4.78, 5) is 26.1. The Labute approximate surface area is 138 Å². The van der Waals surface area contributed by atoms with Gasteiger partial charge in [-0.1, -0.05) is 11.6 Å². The average Bonchev–Trinajstić information content (AvgIpc) is 2.96. The number of ether oxygens (including phenoxy) is 2. The van der Waals surface area contributed by atoms with Crippen LogP contribution in [-0.4, -0.2) is 59.9 Å². The number of hydrogen-bond acceptors (Lipinski definition) is 4. The van der Waals surface area contributed by atoms with Gasteiger partial charge in [-0.15, -0.1) is 0 Å². The molecular formula is C15H18ClFN2O4. The first-order chi connectivity index (χ1) is 10.8. The highest BCUT2D eigenvalue weighted by atomic mass is 35.5. The predicted octanol–water partition coefficient (Wildman–Crippen LogP) is 1.42. The van der Waals surface area contributed by atoms with Crippen molar-refractivity contribution in [1.29, 1.82) is 0 Å². The molecule has 1 amide bonds. The molecule has 6 nitrogen and oxygen atoms in total. The van der Waals surface area contributed by atoms with Gasteiger partial charge in [-0.3, -0.25) is 4.79 Å². The number of rotatable bonds is 3. The highest BCUT2D eigenvalue weighted by Gasteiger charge is 2.68. The van der Waals surface area contributed by atoms with Crippen LogP contribution in [-0.2, 0) is 21.3 Å². The molecule has 1 atom stereocenters. The molecule has 8 heteroatoms. The van der Waals surface area contributed by atoms with Crippen molar-refractivity contribution in [3.63, 3.8) is 0 Å². The first kappa shape index (κ1) is 16.3. The third-order valence-corrected chi connectivity index (χ3v) is 4.78. The molecule has 23 heavy (non-hydrogen) atoms. The van der Waals surface area contributed by atoms with Gasteiger partial charge in [-0.05, 0) is 13.0 Å². The van der Waals surface area contributed by atoms with Gasteiger partial charge in [0.05, 0.1) is 36.8 Å². The minimum absolute atomic E-state index is 0.0861. The van der Waals surface area contributed by atoms with Crippen LogP contribution >= 0.6 is 11.6 Å². The molecule has 1 spiro atoms. The van der Waals surface area contributed by atoms with E-state index >= 15 is 4.39 Å². The molecule has 0 radical (unpaired) electrons. The van der Waals surface area contributed by atoms with E-state index in [1.807, 2.05) is 0 Å². The highest BCUT2D eigenvalue weighted by molar-refractivity contribution is 6.31. The number of nitrogens with zero attached hydrogens (tertiary/aromatic N) is 2. The number of hydrogen-bond donors (Lipinski definition) is 0. The number of esters is 1. The second kappa shape index (κ2) is 5.49. The molecule has 2 fully saturated rings. The Bertz CT molecular complexity index is 658. The number of likely N-dealkylation sites (tertiary alicyclic amines) is 1.